The monoisotopic (exact) mass is 441 g/mol. The van der Waals surface area contributed by atoms with Gasteiger partial charge in [0.05, 0.1) is 6.61 Å². The number of unbranched alkanes of at least 4 members (excludes halogenated alkanes) is 3. The van der Waals surface area contributed by atoms with Crippen LogP contribution >= 0.6 is 31.1 Å². The van der Waals surface area contributed by atoms with E-state index in [0.29, 0.717) is 29.9 Å². The van der Waals surface area contributed by atoms with Crippen LogP contribution in [0.2, 0.25) is 0 Å². The van der Waals surface area contributed by atoms with Crippen LogP contribution in [0.5, 0.6) is 0 Å². The van der Waals surface area contributed by atoms with Crippen LogP contribution in [0.25, 0.3) is 0 Å². The lowest BCUT2D eigenvalue weighted by atomic mass is 10.2. The summed E-state index contributed by atoms with van der Waals surface area (Å²) in [7, 11) is -5.26. The smallest absolute Gasteiger partial charge is 0.464 e. The third-order valence-corrected chi connectivity index (χ3v) is 9.28. The Morgan fingerprint density at radius 2 is 1.65 bits per heavy atom. The predicted octanol–water partition coefficient (Wildman–Crippen LogP) is 3.02. The van der Waals surface area contributed by atoms with Crippen molar-refractivity contribution in [1.82, 2.24) is 4.90 Å². The molecule has 0 rings (SSSR count). The van der Waals surface area contributed by atoms with Crippen molar-refractivity contribution >= 4 is 43.0 Å². The van der Waals surface area contributed by atoms with Gasteiger partial charge in [-0.1, -0.05) is 26.2 Å². The first-order valence-electron chi connectivity index (χ1n) is 7.57. The van der Waals surface area contributed by atoms with Gasteiger partial charge in [0.1, 0.15) is 6.54 Å². The molecule has 0 aliphatic carbocycles. The Bertz CT molecular complexity index is 524. The minimum Gasteiger partial charge on any atom is -0.464 e. The molecule has 0 aromatic rings. The molecule has 0 saturated carbocycles. The Morgan fingerprint density at radius 1 is 1.12 bits per heavy atom. The number of carbonyl (C=O) groups excluding carboxylic acids is 2. The van der Waals surface area contributed by atoms with Crippen LogP contribution in [-0.2, 0) is 18.9 Å². The molecular weight excluding hydrogens is 418 g/mol. The maximum Gasteiger partial charge on any atom is 0.471 e. The third kappa shape index (κ3) is 6.95. The summed E-state index contributed by atoms with van der Waals surface area (Å²) in [6.07, 6.45) is -0.0268. The van der Waals surface area contributed by atoms with Crippen LogP contribution < -0.4 is 0 Å². The minimum atomic E-state index is -5.41. The van der Waals surface area contributed by atoms with E-state index in [0.717, 1.165) is 31.8 Å². The molecule has 1 amide bonds. The summed E-state index contributed by atoms with van der Waals surface area (Å²) >= 11 is 0.702. The van der Waals surface area contributed by atoms with Crippen molar-refractivity contribution in [2.75, 3.05) is 25.7 Å². The number of alkyl halides is 3. The molecule has 0 aliphatic heterocycles. The van der Waals surface area contributed by atoms with Crippen molar-refractivity contribution < 1.29 is 41.8 Å². The number of nitrogens with zero attached hydrogens (tertiary/aromatic N) is 1. The highest BCUT2D eigenvalue weighted by Crippen LogP contribution is 2.64. The summed E-state index contributed by atoms with van der Waals surface area (Å²) in [6, 6.07) is 0. The summed E-state index contributed by atoms with van der Waals surface area (Å²) in [5, 5.41) is 0. The fraction of sp³-hybridized carbons (Fsp3) is 0.846. The van der Waals surface area contributed by atoms with Gasteiger partial charge in [-0.05, 0) is 18.9 Å². The van der Waals surface area contributed by atoms with Crippen LogP contribution in [0.15, 0.2) is 0 Å². The van der Waals surface area contributed by atoms with Crippen molar-refractivity contribution in [3.8, 4) is 0 Å². The van der Waals surface area contributed by atoms with Crippen molar-refractivity contribution in [3.63, 3.8) is 0 Å². The lowest BCUT2D eigenvalue weighted by Crippen LogP contribution is -2.54. The average molecular weight is 441 g/mol. The second-order valence-electron chi connectivity index (χ2n) is 5.17. The van der Waals surface area contributed by atoms with Gasteiger partial charge in [-0.25, -0.2) is 0 Å². The number of carbonyl (C=O) groups is 2. The summed E-state index contributed by atoms with van der Waals surface area (Å²) in [5.41, 5.74) is 0. The van der Waals surface area contributed by atoms with E-state index in [1.165, 1.54) is 0 Å². The minimum absolute atomic E-state index is 0.0473. The Balaban J connectivity index is 5.47. The number of thioether (sulfide) groups is 2. The zero-order valence-corrected chi connectivity index (χ0v) is 17.1. The van der Waals surface area contributed by atoms with Crippen LogP contribution in [-0.4, -0.2) is 62.3 Å². The third-order valence-electron chi connectivity index (χ3n) is 3.28. The lowest BCUT2D eigenvalue weighted by Gasteiger charge is -2.40. The van der Waals surface area contributed by atoms with Gasteiger partial charge in [0.2, 0.25) is 3.94 Å². The highest BCUT2D eigenvalue weighted by atomic mass is 32.2. The Kier molecular flexibility index (Phi) is 10.6. The lowest BCUT2D eigenvalue weighted by molar-refractivity contribution is -0.187. The largest absolute Gasteiger partial charge is 0.471 e. The number of halogens is 3. The number of esters is 1. The van der Waals surface area contributed by atoms with Gasteiger partial charge < -0.3 is 14.5 Å². The van der Waals surface area contributed by atoms with Crippen LogP contribution in [0.3, 0.4) is 0 Å². The Morgan fingerprint density at radius 3 is 2.04 bits per heavy atom. The van der Waals surface area contributed by atoms with Gasteiger partial charge in [-0.2, -0.15) is 13.2 Å². The quantitative estimate of drug-likeness (QED) is 0.218. The Labute approximate surface area is 158 Å². The first-order valence-corrected chi connectivity index (χ1v) is 11.6. The van der Waals surface area contributed by atoms with E-state index in [1.54, 1.807) is 0 Å². The number of rotatable bonds is 11. The van der Waals surface area contributed by atoms with E-state index in [2.05, 4.69) is 0 Å². The molecule has 0 aliphatic rings. The summed E-state index contributed by atoms with van der Waals surface area (Å²) < 4.78 is 52.8. The fourth-order valence-corrected chi connectivity index (χ4v) is 5.82. The van der Waals surface area contributed by atoms with Crippen LogP contribution in [0, 0.1) is 0 Å². The number of amides is 1. The van der Waals surface area contributed by atoms with Gasteiger partial charge in [0, 0.05) is 0 Å². The molecule has 0 heterocycles. The van der Waals surface area contributed by atoms with Crippen molar-refractivity contribution in [2.24, 2.45) is 0 Å². The molecule has 2 N–H and O–H groups in total. The van der Waals surface area contributed by atoms with E-state index < -0.39 is 36.1 Å². The molecule has 7 nitrogen and oxygen atoms in total. The molecule has 13 heteroatoms. The van der Waals surface area contributed by atoms with Gasteiger partial charge in [0.25, 0.3) is 0 Å². The molecule has 154 valence electrons. The molecule has 0 aromatic heterocycles. The first-order chi connectivity index (χ1) is 11.9. The molecular formula is C13H23F3NO6PS2. The SMILES string of the molecule is CCCCCCOC(=O)CN(C(=O)C(F)(F)F)C(SC)(SC)P(=O)(O)O. The number of hydrogen-bond donors (Lipinski definition) is 2. The normalized spacial score (nSPS) is 12.8. The molecule has 0 unspecified atom stereocenters. The molecule has 26 heavy (non-hydrogen) atoms. The van der Waals surface area contributed by atoms with E-state index >= 15 is 0 Å². The fourth-order valence-electron chi connectivity index (χ4n) is 2.04. The predicted molar refractivity (Wildman–Crippen MR) is 94.7 cm³/mol. The van der Waals surface area contributed by atoms with Gasteiger partial charge in [0.15, 0.2) is 0 Å². The highest BCUT2D eigenvalue weighted by Gasteiger charge is 2.58. The topological polar surface area (TPSA) is 104 Å². The zero-order valence-electron chi connectivity index (χ0n) is 14.6. The molecule has 0 spiro atoms. The number of ether oxygens (including phenoxy) is 1. The van der Waals surface area contributed by atoms with Crippen LogP contribution in [0.4, 0.5) is 13.2 Å². The van der Waals surface area contributed by atoms with Gasteiger partial charge in [-0.15, -0.1) is 23.5 Å². The summed E-state index contributed by atoms with van der Waals surface area (Å²) in [5.74, 6) is -3.69. The van der Waals surface area contributed by atoms with Crippen molar-refractivity contribution in [2.45, 2.75) is 42.7 Å². The van der Waals surface area contributed by atoms with Crippen LogP contribution in [0.1, 0.15) is 32.6 Å². The molecule has 0 aromatic carbocycles. The summed E-state index contributed by atoms with van der Waals surface area (Å²) in [4.78, 5) is 42.6. The van der Waals surface area contributed by atoms with Gasteiger partial charge in [-0.3, -0.25) is 19.1 Å². The Hall–Kier alpha value is -0.420. The van der Waals surface area contributed by atoms with Gasteiger partial charge >= 0.3 is 25.6 Å². The molecule has 0 radical (unpaired) electrons. The molecule has 0 atom stereocenters. The van der Waals surface area contributed by atoms with Crippen molar-refractivity contribution in [3.05, 3.63) is 0 Å². The van der Waals surface area contributed by atoms with E-state index in [1.807, 2.05) is 6.92 Å². The molecule has 0 fully saturated rings. The molecule has 0 bridgehead atoms. The van der Waals surface area contributed by atoms with E-state index in [-0.39, 0.29) is 11.5 Å². The maximum absolute atomic E-state index is 12.9. The zero-order chi connectivity index (χ0) is 20.6. The number of hydrogen-bond acceptors (Lipinski definition) is 6. The molecule has 0 saturated heterocycles. The second-order valence-corrected chi connectivity index (χ2v) is 9.77. The highest BCUT2D eigenvalue weighted by molar-refractivity contribution is 8.24. The summed E-state index contributed by atoms with van der Waals surface area (Å²) in [6.45, 7) is 0.701. The van der Waals surface area contributed by atoms with E-state index in [9.17, 15) is 37.1 Å². The average Bonchev–Trinajstić information content (AvgIpc) is 2.52. The maximum atomic E-state index is 12.9. The van der Waals surface area contributed by atoms with Crippen molar-refractivity contribution in [1.29, 1.82) is 0 Å². The van der Waals surface area contributed by atoms with E-state index in [4.69, 9.17) is 4.74 Å². The standard InChI is InChI=1S/C13H23F3NO6PS2/c1-4-5-6-7-8-23-10(18)9-17(11(19)12(14,15)16)13(25-2,26-3)24(20,21)22/h4-9H2,1-3H3,(H2,20,21,22). The second kappa shape index (κ2) is 10.8. The first kappa shape index (κ1) is 25.6.